The average molecular weight is 379 g/mol. The van der Waals surface area contributed by atoms with Crippen LogP contribution >= 0.6 is 0 Å². The van der Waals surface area contributed by atoms with E-state index in [0.717, 1.165) is 34.9 Å². The lowest BCUT2D eigenvalue weighted by Crippen LogP contribution is -2.39. The lowest BCUT2D eigenvalue weighted by molar-refractivity contribution is -0.121. The maximum absolute atomic E-state index is 14.4. The van der Waals surface area contributed by atoms with Crippen LogP contribution in [0.3, 0.4) is 0 Å². The Morgan fingerprint density at radius 1 is 1.18 bits per heavy atom. The van der Waals surface area contributed by atoms with Gasteiger partial charge in [-0.05, 0) is 30.0 Å². The van der Waals surface area contributed by atoms with Crippen LogP contribution in [0.15, 0.2) is 48.5 Å². The number of nitrogens with one attached hydrogen (secondary N) is 3. The number of aromatic amines is 1. The van der Waals surface area contributed by atoms with Crippen LogP contribution < -0.4 is 10.6 Å². The lowest BCUT2D eigenvalue weighted by atomic mass is 9.95. The van der Waals surface area contributed by atoms with Gasteiger partial charge in [-0.25, -0.2) is 4.39 Å². The molecule has 3 N–H and O–H groups in total. The summed E-state index contributed by atoms with van der Waals surface area (Å²) in [7, 11) is 0. The third-order valence-electron chi connectivity index (χ3n) is 5.29. The van der Waals surface area contributed by atoms with Gasteiger partial charge in [0.25, 0.3) is 0 Å². The Hall–Kier alpha value is -2.99. The van der Waals surface area contributed by atoms with Gasteiger partial charge in [-0.15, -0.1) is 0 Å². The molecule has 1 unspecified atom stereocenters. The Bertz CT molecular complexity index is 1000. The van der Waals surface area contributed by atoms with Gasteiger partial charge in [-0.3, -0.25) is 4.79 Å². The van der Waals surface area contributed by atoms with Crippen molar-refractivity contribution in [3.05, 3.63) is 59.9 Å². The molecule has 144 valence electrons. The third kappa shape index (κ3) is 3.55. The number of para-hydroxylation sites is 1. The topological polar surface area (TPSA) is 74.0 Å². The number of amides is 1. The molecule has 1 amide bonds. The highest BCUT2D eigenvalue weighted by Crippen LogP contribution is 2.33. The van der Waals surface area contributed by atoms with E-state index < -0.39 is 0 Å². The fraction of sp³-hybridized carbons (Fsp3) is 0.273. The van der Waals surface area contributed by atoms with E-state index in [-0.39, 0.29) is 23.7 Å². The standard InChI is InChI=1S/C22H22FN3O2/c23-18-8-4-7-16-17(20(26-21(16)18)15-5-2-1-3-6-15)11-14(13-27)12-25-19-9-10-24-22(19)28/h1-8,13-14,19,25-26H,9-12H2,(H,24,28)/t14?,19-/m0/s1. The fourth-order valence-corrected chi connectivity index (χ4v) is 3.81. The van der Waals surface area contributed by atoms with Crippen molar-refractivity contribution < 1.29 is 14.0 Å². The highest BCUT2D eigenvalue weighted by Gasteiger charge is 2.25. The van der Waals surface area contributed by atoms with Gasteiger partial charge in [-0.2, -0.15) is 0 Å². The molecule has 0 spiro atoms. The van der Waals surface area contributed by atoms with E-state index in [1.165, 1.54) is 6.07 Å². The number of benzene rings is 2. The van der Waals surface area contributed by atoms with Crippen molar-refractivity contribution >= 4 is 23.1 Å². The summed E-state index contributed by atoms with van der Waals surface area (Å²) in [6, 6.07) is 14.4. The van der Waals surface area contributed by atoms with E-state index in [4.69, 9.17) is 0 Å². The number of fused-ring (bicyclic) bond motifs is 1. The van der Waals surface area contributed by atoms with Crippen molar-refractivity contribution in [2.75, 3.05) is 13.1 Å². The monoisotopic (exact) mass is 379 g/mol. The molecular formula is C22H22FN3O2. The SMILES string of the molecule is O=CC(CN[C@H]1CCNC1=O)Cc1c(-c2ccccc2)[nH]c2c(F)cccc12. The average Bonchev–Trinajstić information content (AvgIpc) is 3.30. The van der Waals surface area contributed by atoms with Crippen LogP contribution in [0.2, 0.25) is 0 Å². The first kappa shape index (κ1) is 18.4. The predicted molar refractivity (Wildman–Crippen MR) is 106 cm³/mol. The van der Waals surface area contributed by atoms with Crippen LogP contribution in [-0.2, 0) is 16.0 Å². The number of rotatable bonds is 7. The summed E-state index contributed by atoms with van der Waals surface area (Å²) in [5, 5.41) is 6.75. The fourth-order valence-electron chi connectivity index (χ4n) is 3.81. The van der Waals surface area contributed by atoms with Gasteiger partial charge in [0.05, 0.1) is 11.6 Å². The van der Waals surface area contributed by atoms with E-state index >= 15 is 0 Å². The smallest absolute Gasteiger partial charge is 0.237 e. The molecule has 2 aromatic carbocycles. The van der Waals surface area contributed by atoms with Crippen molar-refractivity contribution in [1.29, 1.82) is 0 Å². The molecule has 1 saturated heterocycles. The number of aromatic nitrogens is 1. The Labute approximate surface area is 162 Å². The quantitative estimate of drug-likeness (QED) is 0.553. The molecule has 5 nitrogen and oxygen atoms in total. The molecule has 1 aromatic heterocycles. The van der Waals surface area contributed by atoms with E-state index in [1.54, 1.807) is 6.07 Å². The van der Waals surface area contributed by atoms with Crippen molar-refractivity contribution in [1.82, 2.24) is 15.6 Å². The zero-order chi connectivity index (χ0) is 19.5. The van der Waals surface area contributed by atoms with Crippen molar-refractivity contribution in [3.8, 4) is 11.3 Å². The second kappa shape index (κ2) is 7.94. The zero-order valence-corrected chi connectivity index (χ0v) is 15.4. The number of halogens is 1. The molecule has 4 rings (SSSR count). The summed E-state index contributed by atoms with van der Waals surface area (Å²) in [4.78, 5) is 26.7. The number of hydrogen-bond donors (Lipinski definition) is 3. The lowest BCUT2D eigenvalue weighted by Gasteiger charge is -2.15. The first-order valence-corrected chi connectivity index (χ1v) is 9.48. The number of carbonyl (C=O) groups is 2. The Morgan fingerprint density at radius 2 is 2.00 bits per heavy atom. The number of aldehydes is 1. The summed E-state index contributed by atoms with van der Waals surface area (Å²) >= 11 is 0. The normalized spacial score (nSPS) is 17.6. The van der Waals surface area contributed by atoms with E-state index in [1.807, 2.05) is 36.4 Å². The molecule has 0 aliphatic carbocycles. The zero-order valence-electron chi connectivity index (χ0n) is 15.4. The molecule has 0 saturated carbocycles. The minimum atomic E-state index is -0.321. The summed E-state index contributed by atoms with van der Waals surface area (Å²) in [5.74, 6) is -0.661. The number of hydrogen-bond acceptors (Lipinski definition) is 3. The van der Waals surface area contributed by atoms with Crippen LogP contribution in [-0.4, -0.2) is 36.3 Å². The molecular weight excluding hydrogens is 357 g/mol. The molecule has 1 fully saturated rings. The molecule has 28 heavy (non-hydrogen) atoms. The summed E-state index contributed by atoms with van der Waals surface area (Å²) in [6.45, 7) is 1.06. The Balaban J connectivity index is 1.65. The van der Waals surface area contributed by atoms with Crippen molar-refractivity contribution in [2.45, 2.75) is 18.9 Å². The molecule has 2 heterocycles. The van der Waals surface area contributed by atoms with Crippen LogP contribution in [0.1, 0.15) is 12.0 Å². The van der Waals surface area contributed by atoms with Gasteiger partial charge in [-0.1, -0.05) is 42.5 Å². The van der Waals surface area contributed by atoms with Gasteiger partial charge in [0.15, 0.2) is 0 Å². The third-order valence-corrected chi connectivity index (χ3v) is 5.29. The first-order chi connectivity index (χ1) is 13.7. The largest absolute Gasteiger partial charge is 0.355 e. The second-order valence-electron chi connectivity index (χ2n) is 7.15. The van der Waals surface area contributed by atoms with E-state index in [2.05, 4.69) is 15.6 Å². The van der Waals surface area contributed by atoms with E-state index in [9.17, 15) is 14.0 Å². The molecule has 2 atom stereocenters. The maximum atomic E-state index is 14.4. The molecule has 1 aliphatic heterocycles. The predicted octanol–water partition coefficient (Wildman–Crippen LogP) is 2.81. The minimum absolute atomic E-state index is 0.0243. The Morgan fingerprint density at radius 3 is 2.71 bits per heavy atom. The molecule has 0 radical (unpaired) electrons. The van der Waals surface area contributed by atoms with Crippen molar-refractivity contribution in [3.63, 3.8) is 0 Å². The van der Waals surface area contributed by atoms with Gasteiger partial charge in [0.1, 0.15) is 12.1 Å². The van der Waals surface area contributed by atoms with Gasteiger partial charge in [0.2, 0.25) is 5.91 Å². The van der Waals surface area contributed by atoms with Crippen LogP contribution in [0.4, 0.5) is 4.39 Å². The van der Waals surface area contributed by atoms with E-state index in [0.29, 0.717) is 25.0 Å². The molecule has 1 aliphatic rings. The maximum Gasteiger partial charge on any atom is 0.237 e. The molecule has 6 heteroatoms. The number of H-pyrrole nitrogens is 1. The minimum Gasteiger partial charge on any atom is -0.355 e. The van der Waals surface area contributed by atoms with Gasteiger partial charge >= 0.3 is 0 Å². The number of carbonyl (C=O) groups excluding carboxylic acids is 2. The highest BCUT2D eigenvalue weighted by molar-refractivity contribution is 5.91. The second-order valence-corrected chi connectivity index (χ2v) is 7.15. The molecule has 3 aromatic rings. The summed E-state index contributed by atoms with van der Waals surface area (Å²) in [6.07, 6.45) is 2.09. The van der Waals surface area contributed by atoms with Crippen LogP contribution in [0, 0.1) is 11.7 Å². The van der Waals surface area contributed by atoms with Gasteiger partial charge in [0, 0.05) is 30.1 Å². The van der Waals surface area contributed by atoms with Crippen LogP contribution in [0.25, 0.3) is 22.2 Å². The Kier molecular flexibility index (Phi) is 5.21. The first-order valence-electron chi connectivity index (χ1n) is 9.48. The molecule has 0 bridgehead atoms. The van der Waals surface area contributed by atoms with Gasteiger partial charge < -0.3 is 20.4 Å². The highest BCUT2D eigenvalue weighted by atomic mass is 19.1. The van der Waals surface area contributed by atoms with Crippen LogP contribution in [0.5, 0.6) is 0 Å². The van der Waals surface area contributed by atoms with Crippen molar-refractivity contribution in [2.24, 2.45) is 5.92 Å². The summed E-state index contributed by atoms with van der Waals surface area (Å²) in [5.41, 5.74) is 3.13. The summed E-state index contributed by atoms with van der Waals surface area (Å²) < 4.78 is 14.4.